The molecule has 31 heavy (non-hydrogen) atoms. The number of nitrogens with one attached hydrogen (secondary N) is 1. The lowest BCUT2D eigenvalue weighted by Gasteiger charge is -2.27. The lowest BCUT2D eigenvalue weighted by atomic mass is 10.2. The van der Waals surface area contributed by atoms with Gasteiger partial charge in [-0.3, -0.25) is 4.79 Å². The van der Waals surface area contributed by atoms with Crippen LogP contribution in [0, 0.1) is 0 Å². The monoisotopic (exact) mass is 459 g/mol. The number of hydrogen-bond acceptors (Lipinski definition) is 6. The predicted octanol–water partition coefficient (Wildman–Crippen LogP) is 1.97. The van der Waals surface area contributed by atoms with Gasteiger partial charge >= 0.3 is 6.18 Å². The lowest BCUT2D eigenvalue weighted by Crippen LogP contribution is -2.41. The zero-order valence-corrected chi connectivity index (χ0v) is 17.1. The molecular formula is C19H20F3N3O5S. The van der Waals surface area contributed by atoms with Gasteiger partial charge in [-0.15, -0.1) is 0 Å². The Hall–Kier alpha value is -2.70. The molecule has 1 amide bonds. The highest BCUT2D eigenvalue weighted by molar-refractivity contribution is 7.89. The van der Waals surface area contributed by atoms with Crippen LogP contribution in [0.2, 0.25) is 0 Å². The fraction of sp³-hybridized carbons (Fsp3) is 0.368. The fourth-order valence-electron chi connectivity index (χ4n) is 2.86. The molecular weight excluding hydrogens is 439 g/mol. The molecule has 12 heteroatoms. The highest BCUT2D eigenvalue weighted by atomic mass is 32.2. The van der Waals surface area contributed by atoms with E-state index in [-0.39, 0.29) is 36.0 Å². The first-order valence-corrected chi connectivity index (χ1v) is 10.7. The minimum atomic E-state index is -4.49. The SMILES string of the molecule is O=C(NCc1ccccc1S(=O)(=O)N1CCOCC1)c1ccc(OCC(F)(F)F)nc1. The number of pyridine rings is 1. The van der Waals surface area contributed by atoms with Gasteiger partial charge in [0.2, 0.25) is 15.9 Å². The second-order valence-electron chi connectivity index (χ2n) is 6.60. The number of benzene rings is 1. The maximum absolute atomic E-state index is 12.9. The van der Waals surface area contributed by atoms with Gasteiger partial charge in [-0.1, -0.05) is 18.2 Å². The number of alkyl halides is 3. The van der Waals surface area contributed by atoms with Gasteiger partial charge in [-0.05, 0) is 17.7 Å². The third kappa shape index (κ3) is 6.15. The van der Waals surface area contributed by atoms with Gasteiger partial charge in [0, 0.05) is 31.9 Å². The first-order valence-electron chi connectivity index (χ1n) is 9.26. The molecule has 1 aromatic heterocycles. The van der Waals surface area contributed by atoms with Crippen molar-refractivity contribution in [1.29, 1.82) is 0 Å². The fourth-order valence-corrected chi connectivity index (χ4v) is 4.49. The molecule has 2 heterocycles. The Bertz CT molecular complexity index is 1010. The van der Waals surface area contributed by atoms with E-state index in [0.717, 1.165) is 12.3 Å². The quantitative estimate of drug-likeness (QED) is 0.680. The Morgan fingerprint density at radius 2 is 1.87 bits per heavy atom. The predicted molar refractivity (Wildman–Crippen MR) is 103 cm³/mol. The summed E-state index contributed by atoms with van der Waals surface area (Å²) in [7, 11) is -3.75. The lowest BCUT2D eigenvalue weighted by molar-refractivity contribution is -0.154. The summed E-state index contributed by atoms with van der Waals surface area (Å²) in [5.41, 5.74) is 0.494. The first-order chi connectivity index (χ1) is 14.7. The summed E-state index contributed by atoms with van der Waals surface area (Å²) in [5.74, 6) is -0.829. The topological polar surface area (TPSA) is 97.8 Å². The molecule has 0 unspecified atom stereocenters. The van der Waals surface area contributed by atoms with Crippen molar-refractivity contribution < 1.29 is 35.9 Å². The number of amides is 1. The van der Waals surface area contributed by atoms with Crippen LogP contribution >= 0.6 is 0 Å². The highest BCUT2D eigenvalue weighted by Crippen LogP contribution is 2.21. The Morgan fingerprint density at radius 1 is 1.16 bits per heavy atom. The molecule has 0 saturated carbocycles. The van der Waals surface area contributed by atoms with Crippen LogP contribution in [0.5, 0.6) is 5.88 Å². The van der Waals surface area contributed by atoms with Crippen LogP contribution in [0.4, 0.5) is 13.2 Å². The number of hydrogen-bond donors (Lipinski definition) is 1. The normalized spacial score (nSPS) is 15.5. The molecule has 0 aliphatic carbocycles. The second-order valence-corrected chi connectivity index (χ2v) is 8.50. The highest BCUT2D eigenvalue weighted by Gasteiger charge is 2.29. The van der Waals surface area contributed by atoms with Gasteiger partial charge < -0.3 is 14.8 Å². The first kappa shape index (κ1) is 23.0. The molecule has 1 aliphatic heterocycles. The van der Waals surface area contributed by atoms with Gasteiger partial charge in [0.15, 0.2) is 6.61 Å². The van der Waals surface area contributed by atoms with Crippen LogP contribution in [0.1, 0.15) is 15.9 Å². The van der Waals surface area contributed by atoms with Crippen molar-refractivity contribution in [1.82, 2.24) is 14.6 Å². The number of sulfonamides is 1. The van der Waals surface area contributed by atoms with Crippen LogP contribution in [0.15, 0.2) is 47.5 Å². The number of carbonyl (C=O) groups excluding carboxylic acids is 1. The zero-order chi connectivity index (χ0) is 22.5. The summed E-state index contributed by atoms with van der Waals surface area (Å²) in [5, 5.41) is 2.60. The summed E-state index contributed by atoms with van der Waals surface area (Å²) in [6.07, 6.45) is -3.41. The third-order valence-electron chi connectivity index (χ3n) is 4.38. The zero-order valence-electron chi connectivity index (χ0n) is 16.3. The maximum atomic E-state index is 12.9. The summed E-state index contributed by atoms with van der Waals surface area (Å²) in [6.45, 7) is -0.429. The number of ether oxygens (including phenoxy) is 2. The Kier molecular flexibility index (Phi) is 7.13. The van der Waals surface area contributed by atoms with Crippen molar-refractivity contribution in [3.05, 3.63) is 53.7 Å². The standard InChI is InChI=1S/C19H20F3N3O5S/c20-19(21,22)13-30-17-6-5-15(12-23-17)18(26)24-11-14-3-1-2-4-16(14)31(27,28)25-7-9-29-10-8-25/h1-6,12H,7-11,13H2,(H,24,26). The maximum Gasteiger partial charge on any atom is 0.422 e. The summed E-state index contributed by atoms with van der Waals surface area (Å²) in [6, 6.07) is 8.75. The largest absolute Gasteiger partial charge is 0.468 e. The molecule has 1 N–H and O–H groups in total. The van der Waals surface area contributed by atoms with Crippen LogP contribution in [-0.2, 0) is 21.3 Å². The molecule has 3 rings (SSSR count). The third-order valence-corrected chi connectivity index (χ3v) is 6.38. The number of nitrogens with zero attached hydrogens (tertiary/aromatic N) is 2. The van der Waals surface area contributed by atoms with Crippen LogP contribution in [0.3, 0.4) is 0 Å². The molecule has 8 nitrogen and oxygen atoms in total. The molecule has 168 valence electrons. The van der Waals surface area contributed by atoms with Crippen molar-refractivity contribution in [2.24, 2.45) is 0 Å². The molecule has 1 saturated heterocycles. The minimum Gasteiger partial charge on any atom is -0.468 e. The number of carbonyl (C=O) groups is 1. The van der Waals surface area contributed by atoms with E-state index in [9.17, 15) is 26.4 Å². The number of morpholine rings is 1. The van der Waals surface area contributed by atoms with E-state index in [1.807, 2.05) is 0 Å². The average Bonchev–Trinajstić information content (AvgIpc) is 2.76. The molecule has 1 aromatic carbocycles. The van der Waals surface area contributed by atoms with Crippen LogP contribution in [0.25, 0.3) is 0 Å². The average molecular weight is 459 g/mol. The second kappa shape index (κ2) is 9.62. The molecule has 0 radical (unpaired) electrons. The van der Waals surface area contributed by atoms with Crippen molar-refractivity contribution in [2.75, 3.05) is 32.9 Å². The molecule has 0 atom stereocenters. The Morgan fingerprint density at radius 3 is 2.52 bits per heavy atom. The summed E-state index contributed by atoms with van der Waals surface area (Å²) in [4.78, 5) is 16.1. The molecule has 0 bridgehead atoms. The molecule has 1 fully saturated rings. The van der Waals surface area contributed by atoms with E-state index in [2.05, 4.69) is 15.0 Å². The van der Waals surface area contributed by atoms with E-state index >= 15 is 0 Å². The van der Waals surface area contributed by atoms with Crippen LogP contribution in [-0.4, -0.2) is 62.7 Å². The van der Waals surface area contributed by atoms with E-state index < -0.39 is 28.7 Å². The smallest absolute Gasteiger partial charge is 0.422 e. The molecule has 2 aromatic rings. The van der Waals surface area contributed by atoms with Gasteiger partial charge in [-0.2, -0.15) is 17.5 Å². The Labute approximate surface area is 177 Å². The van der Waals surface area contributed by atoms with Crippen molar-refractivity contribution in [3.8, 4) is 5.88 Å². The van der Waals surface area contributed by atoms with Gasteiger partial charge in [0.05, 0.1) is 23.7 Å². The van der Waals surface area contributed by atoms with E-state index in [1.54, 1.807) is 18.2 Å². The van der Waals surface area contributed by atoms with E-state index in [4.69, 9.17) is 4.74 Å². The van der Waals surface area contributed by atoms with Gasteiger partial charge in [-0.25, -0.2) is 13.4 Å². The summed E-state index contributed by atoms with van der Waals surface area (Å²) >= 11 is 0. The van der Waals surface area contributed by atoms with Gasteiger partial charge in [0.1, 0.15) is 0 Å². The van der Waals surface area contributed by atoms with Gasteiger partial charge in [0.25, 0.3) is 5.91 Å². The molecule has 0 spiro atoms. The van der Waals surface area contributed by atoms with E-state index in [0.29, 0.717) is 18.8 Å². The van der Waals surface area contributed by atoms with Crippen LogP contribution < -0.4 is 10.1 Å². The number of halogens is 3. The van der Waals surface area contributed by atoms with Crippen molar-refractivity contribution in [3.63, 3.8) is 0 Å². The number of rotatable bonds is 7. The minimum absolute atomic E-state index is 0.0646. The number of aromatic nitrogens is 1. The Balaban J connectivity index is 1.66. The van der Waals surface area contributed by atoms with Crippen molar-refractivity contribution in [2.45, 2.75) is 17.6 Å². The van der Waals surface area contributed by atoms with Crippen molar-refractivity contribution >= 4 is 15.9 Å². The van der Waals surface area contributed by atoms with E-state index in [1.165, 1.54) is 16.4 Å². The molecule has 1 aliphatic rings. The summed E-state index contributed by atoms with van der Waals surface area (Å²) < 4.78 is 73.4.